The Labute approximate surface area is 149 Å². The summed E-state index contributed by atoms with van der Waals surface area (Å²) in [4.78, 5) is 0. The van der Waals surface area contributed by atoms with Crippen LogP contribution in [0.25, 0.3) is 5.76 Å². The third-order valence-electron chi connectivity index (χ3n) is 4.49. The van der Waals surface area contributed by atoms with Crippen LogP contribution >= 0.6 is 0 Å². The highest BCUT2D eigenvalue weighted by molar-refractivity contribution is 5.61. The quantitative estimate of drug-likeness (QED) is 0.882. The standard InChI is InChI=1S/C22H26O3/c1-15-4-6-19(7-5-15)20-8-9-21(22(13-23)25-20)24-14-18-11-16(2)10-17(3)12-18/h4-8,10-12,21-23H,9,13-14H2,1-3H3/t21-,22+/m0/s1. The van der Waals surface area contributed by atoms with Gasteiger partial charge in [-0.1, -0.05) is 59.2 Å². The fourth-order valence-corrected chi connectivity index (χ4v) is 3.25. The first kappa shape index (κ1) is 17.7. The Bertz CT molecular complexity index is 726. The zero-order chi connectivity index (χ0) is 17.8. The molecule has 1 heterocycles. The average molecular weight is 338 g/mol. The van der Waals surface area contributed by atoms with E-state index in [1.165, 1.54) is 16.7 Å². The summed E-state index contributed by atoms with van der Waals surface area (Å²) < 4.78 is 12.1. The molecule has 0 amide bonds. The van der Waals surface area contributed by atoms with E-state index < -0.39 is 0 Å². The molecule has 0 aromatic heterocycles. The van der Waals surface area contributed by atoms with E-state index in [0.717, 1.165) is 23.3 Å². The van der Waals surface area contributed by atoms with Gasteiger partial charge in [0.05, 0.1) is 13.2 Å². The van der Waals surface area contributed by atoms with Gasteiger partial charge in [0.25, 0.3) is 0 Å². The van der Waals surface area contributed by atoms with Crippen molar-refractivity contribution in [2.75, 3.05) is 6.61 Å². The van der Waals surface area contributed by atoms with E-state index in [0.29, 0.717) is 6.61 Å². The predicted octanol–water partition coefficient (Wildman–Crippen LogP) is 4.32. The van der Waals surface area contributed by atoms with Crippen LogP contribution in [-0.2, 0) is 16.1 Å². The molecule has 0 radical (unpaired) electrons. The Balaban J connectivity index is 1.67. The van der Waals surface area contributed by atoms with Crippen molar-refractivity contribution in [3.05, 3.63) is 76.4 Å². The first-order chi connectivity index (χ1) is 12.0. The summed E-state index contributed by atoms with van der Waals surface area (Å²) in [7, 11) is 0. The second-order valence-electron chi connectivity index (χ2n) is 6.85. The molecule has 0 unspecified atom stereocenters. The van der Waals surface area contributed by atoms with Crippen LogP contribution in [-0.4, -0.2) is 23.9 Å². The van der Waals surface area contributed by atoms with Gasteiger partial charge < -0.3 is 14.6 Å². The third kappa shape index (κ3) is 4.50. The van der Waals surface area contributed by atoms with Gasteiger partial charge in [-0.25, -0.2) is 0 Å². The van der Waals surface area contributed by atoms with Crippen LogP contribution in [0.4, 0.5) is 0 Å². The maximum absolute atomic E-state index is 9.72. The lowest BCUT2D eigenvalue weighted by Gasteiger charge is -2.31. The Morgan fingerprint density at radius 1 is 1.00 bits per heavy atom. The van der Waals surface area contributed by atoms with Gasteiger partial charge >= 0.3 is 0 Å². The maximum atomic E-state index is 9.72. The van der Waals surface area contributed by atoms with E-state index >= 15 is 0 Å². The molecule has 1 N–H and O–H groups in total. The second kappa shape index (κ2) is 7.85. The van der Waals surface area contributed by atoms with E-state index in [9.17, 15) is 5.11 Å². The molecule has 1 aliphatic rings. The number of aliphatic hydroxyl groups is 1. The number of rotatable bonds is 5. The van der Waals surface area contributed by atoms with Gasteiger partial charge in [-0.3, -0.25) is 0 Å². The number of hydrogen-bond acceptors (Lipinski definition) is 3. The van der Waals surface area contributed by atoms with Gasteiger partial charge in [-0.15, -0.1) is 0 Å². The lowest BCUT2D eigenvalue weighted by molar-refractivity contribution is -0.0692. The first-order valence-electron chi connectivity index (χ1n) is 8.78. The molecule has 0 saturated carbocycles. The molecule has 3 heteroatoms. The molecule has 132 valence electrons. The van der Waals surface area contributed by atoms with Crippen molar-refractivity contribution in [3.8, 4) is 0 Å². The predicted molar refractivity (Wildman–Crippen MR) is 100 cm³/mol. The number of ether oxygens (including phenoxy) is 2. The smallest absolute Gasteiger partial charge is 0.148 e. The van der Waals surface area contributed by atoms with Crippen molar-refractivity contribution in [2.24, 2.45) is 0 Å². The molecule has 0 aliphatic carbocycles. The van der Waals surface area contributed by atoms with Crippen molar-refractivity contribution in [1.82, 2.24) is 0 Å². The minimum Gasteiger partial charge on any atom is -0.485 e. The number of hydrogen-bond donors (Lipinski definition) is 1. The molecule has 2 aromatic carbocycles. The Morgan fingerprint density at radius 3 is 2.32 bits per heavy atom. The van der Waals surface area contributed by atoms with Crippen LogP contribution in [0.5, 0.6) is 0 Å². The molecule has 1 aliphatic heterocycles. The normalized spacial score (nSPS) is 20.1. The number of aryl methyl sites for hydroxylation is 3. The van der Waals surface area contributed by atoms with Gasteiger partial charge in [-0.05, 0) is 38.8 Å². The number of aliphatic hydroxyl groups excluding tert-OH is 1. The lowest BCUT2D eigenvalue weighted by atomic mass is 10.0. The molecule has 25 heavy (non-hydrogen) atoms. The fourth-order valence-electron chi connectivity index (χ4n) is 3.25. The lowest BCUT2D eigenvalue weighted by Crippen LogP contribution is -2.36. The minimum absolute atomic E-state index is 0.0548. The van der Waals surface area contributed by atoms with E-state index in [1.807, 2.05) is 12.1 Å². The van der Waals surface area contributed by atoms with E-state index in [2.05, 4.69) is 57.2 Å². The highest BCUT2D eigenvalue weighted by Crippen LogP contribution is 2.28. The van der Waals surface area contributed by atoms with E-state index in [4.69, 9.17) is 9.47 Å². The zero-order valence-electron chi connectivity index (χ0n) is 15.2. The van der Waals surface area contributed by atoms with Gasteiger partial charge in [0.2, 0.25) is 0 Å². The molecule has 2 aromatic rings. The first-order valence-corrected chi connectivity index (χ1v) is 8.78. The molecule has 0 spiro atoms. The van der Waals surface area contributed by atoms with Gasteiger partial charge in [0.15, 0.2) is 0 Å². The number of benzene rings is 2. The molecule has 2 atom stereocenters. The molecule has 3 nitrogen and oxygen atoms in total. The van der Waals surface area contributed by atoms with Crippen LogP contribution in [0.15, 0.2) is 48.5 Å². The highest BCUT2D eigenvalue weighted by atomic mass is 16.6. The van der Waals surface area contributed by atoms with Crippen molar-refractivity contribution < 1.29 is 14.6 Å². The molecule has 0 bridgehead atoms. The Hall–Kier alpha value is -2.10. The second-order valence-corrected chi connectivity index (χ2v) is 6.85. The summed E-state index contributed by atoms with van der Waals surface area (Å²) in [5, 5.41) is 9.72. The highest BCUT2D eigenvalue weighted by Gasteiger charge is 2.28. The Morgan fingerprint density at radius 2 is 1.68 bits per heavy atom. The Kier molecular flexibility index (Phi) is 5.57. The summed E-state index contributed by atoms with van der Waals surface area (Å²) in [6.07, 6.45) is 2.31. The van der Waals surface area contributed by atoms with Crippen LogP contribution in [0.2, 0.25) is 0 Å². The molecule has 0 fully saturated rings. The zero-order valence-corrected chi connectivity index (χ0v) is 15.2. The summed E-state index contributed by atoms with van der Waals surface area (Å²) in [5.41, 5.74) is 5.88. The summed E-state index contributed by atoms with van der Waals surface area (Å²) in [5.74, 6) is 0.824. The largest absolute Gasteiger partial charge is 0.485 e. The van der Waals surface area contributed by atoms with Crippen LogP contribution in [0.3, 0.4) is 0 Å². The SMILES string of the molecule is Cc1ccc(C2=CC[C@H](OCc3cc(C)cc(C)c3)[C@@H](CO)O2)cc1. The van der Waals surface area contributed by atoms with Crippen LogP contribution in [0.1, 0.15) is 34.2 Å². The van der Waals surface area contributed by atoms with Crippen molar-refractivity contribution in [1.29, 1.82) is 0 Å². The topological polar surface area (TPSA) is 38.7 Å². The van der Waals surface area contributed by atoms with Gasteiger partial charge in [-0.2, -0.15) is 0 Å². The van der Waals surface area contributed by atoms with Crippen LogP contribution < -0.4 is 0 Å². The van der Waals surface area contributed by atoms with Gasteiger partial charge in [0.1, 0.15) is 18.0 Å². The third-order valence-corrected chi connectivity index (χ3v) is 4.49. The summed E-state index contributed by atoms with van der Waals surface area (Å²) in [6, 6.07) is 14.7. The fraction of sp³-hybridized carbons (Fsp3) is 0.364. The minimum atomic E-state index is -0.341. The van der Waals surface area contributed by atoms with E-state index in [1.54, 1.807) is 0 Å². The van der Waals surface area contributed by atoms with E-state index in [-0.39, 0.29) is 18.8 Å². The van der Waals surface area contributed by atoms with Crippen molar-refractivity contribution in [3.63, 3.8) is 0 Å². The molecular formula is C22H26O3. The monoisotopic (exact) mass is 338 g/mol. The maximum Gasteiger partial charge on any atom is 0.148 e. The summed E-state index contributed by atoms with van der Waals surface area (Å²) >= 11 is 0. The molecule has 0 saturated heterocycles. The molecular weight excluding hydrogens is 312 g/mol. The summed E-state index contributed by atoms with van der Waals surface area (Å²) in [6.45, 7) is 6.72. The van der Waals surface area contributed by atoms with Crippen LogP contribution in [0, 0.1) is 20.8 Å². The molecule has 3 rings (SSSR count). The van der Waals surface area contributed by atoms with Crippen molar-refractivity contribution >= 4 is 5.76 Å². The average Bonchev–Trinajstić information content (AvgIpc) is 2.60. The van der Waals surface area contributed by atoms with Gasteiger partial charge in [0, 0.05) is 5.56 Å². The van der Waals surface area contributed by atoms with Crippen molar-refractivity contribution in [2.45, 2.75) is 46.0 Å².